The van der Waals surface area contributed by atoms with Gasteiger partial charge in [0.05, 0.1) is 12.5 Å². The third-order valence-corrected chi connectivity index (χ3v) is 6.80. The molecule has 3 aliphatic heterocycles. The molecule has 164 valence electrons. The molecule has 0 bridgehead atoms. The first-order valence-corrected chi connectivity index (χ1v) is 11.1. The van der Waals surface area contributed by atoms with Crippen molar-refractivity contribution in [2.75, 3.05) is 50.7 Å². The Bertz CT molecular complexity index is 715. The molecule has 0 aromatic carbocycles. The zero-order valence-corrected chi connectivity index (χ0v) is 17.5. The zero-order valence-electron chi connectivity index (χ0n) is 17.5. The Kier molecular flexibility index (Phi) is 6.72. The number of cyclic esters (lactones) is 1. The predicted molar refractivity (Wildman–Crippen MR) is 112 cm³/mol. The fourth-order valence-corrected chi connectivity index (χ4v) is 4.88. The van der Waals surface area contributed by atoms with Gasteiger partial charge in [0.25, 0.3) is 0 Å². The number of carbonyl (C=O) groups is 2. The lowest BCUT2D eigenvalue weighted by atomic mass is 9.93. The highest BCUT2D eigenvalue weighted by Crippen LogP contribution is 2.26. The lowest BCUT2D eigenvalue weighted by Gasteiger charge is -2.34. The van der Waals surface area contributed by atoms with Crippen LogP contribution in [0.5, 0.6) is 0 Å². The van der Waals surface area contributed by atoms with E-state index in [0.29, 0.717) is 31.8 Å². The van der Waals surface area contributed by atoms with Crippen LogP contribution in [0.3, 0.4) is 0 Å². The standard InChI is InChI=1S/C22H32N4O4/c27-21(28)18-6-10-24(11-7-18)15-20-16-26(22(29)30-20)14-5-17-3-12-25(13-4-17)19-1-8-23-9-2-19/h1-2,8-9,17-18,20H,3-7,10-16H2,(H,27,28). The molecule has 3 saturated heterocycles. The monoisotopic (exact) mass is 416 g/mol. The average molecular weight is 417 g/mol. The molecule has 1 atom stereocenters. The molecular weight excluding hydrogens is 384 g/mol. The Balaban J connectivity index is 1.16. The molecule has 1 N–H and O–H groups in total. The van der Waals surface area contributed by atoms with Crippen molar-refractivity contribution >= 4 is 17.7 Å². The molecule has 0 saturated carbocycles. The molecule has 1 aromatic heterocycles. The second-order valence-electron chi connectivity index (χ2n) is 8.79. The van der Waals surface area contributed by atoms with Crippen LogP contribution in [-0.4, -0.2) is 83.9 Å². The van der Waals surface area contributed by atoms with E-state index in [1.54, 1.807) is 0 Å². The van der Waals surface area contributed by atoms with Gasteiger partial charge in [-0.05, 0) is 63.2 Å². The number of amides is 1. The first kappa shape index (κ1) is 20.9. The van der Waals surface area contributed by atoms with Gasteiger partial charge in [0.1, 0.15) is 6.10 Å². The molecule has 0 spiro atoms. The Labute approximate surface area is 177 Å². The van der Waals surface area contributed by atoms with Gasteiger partial charge in [-0.2, -0.15) is 0 Å². The summed E-state index contributed by atoms with van der Waals surface area (Å²) >= 11 is 0. The summed E-state index contributed by atoms with van der Waals surface area (Å²) in [5.74, 6) is -0.279. The average Bonchev–Trinajstić information content (AvgIpc) is 3.12. The minimum atomic E-state index is -0.695. The number of aliphatic carboxylic acids is 1. The second-order valence-corrected chi connectivity index (χ2v) is 8.79. The molecular formula is C22H32N4O4. The lowest BCUT2D eigenvalue weighted by molar-refractivity contribution is -0.143. The Hall–Kier alpha value is -2.35. The van der Waals surface area contributed by atoms with Crippen LogP contribution in [0, 0.1) is 11.8 Å². The highest BCUT2D eigenvalue weighted by molar-refractivity contribution is 5.70. The number of hydrogen-bond acceptors (Lipinski definition) is 6. The number of carboxylic acid groups (broad SMARTS) is 1. The number of nitrogens with zero attached hydrogens (tertiary/aromatic N) is 4. The molecule has 4 rings (SSSR count). The number of aromatic nitrogens is 1. The van der Waals surface area contributed by atoms with E-state index in [0.717, 1.165) is 52.0 Å². The van der Waals surface area contributed by atoms with Crippen LogP contribution < -0.4 is 4.90 Å². The molecule has 0 aliphatic carbocycles. The first-order chi connectivity index (χ1) is 14.6. The minimum absolute atomic E-state index is 0.104. The maximum atomic E-state index is 12.3. The highest BCUT2D eigenvalue weighted by atomic mass is 16.6. The highest BCUT2D eigenvalue weighted by Gasteiger charge is 2.34. The van der Waals surface area contributed by atoms with Crippen molar-refractivity contribution < 1.29 is 19.4 Å². The molecule has 30 heavy (non-hydrogen) atoms. The smallest absolute Gasteiger partial charge is 0.410 e. The summed E-state index contributed by atoms with van der Waals surface area (Å²) in [4.78, 5) is 33.9. The SMILES string of the molecule is O=C(O)C1CCN(CC2CN(CCC3CCN(c4ccncc4)CC3)C(=O)O2)CC1. The maximum absolute atomic E-state index is 12.3. The zero-order chi connectivity index (χ0) is 20.9. The predicted octanol–water partition coefficient (Wildman–Crippen LogP) is 2.31. The third-order valence-electron chi connectivity index (χ3n) is 6.80. The van der Waals surface area contributed by atoms with Crippen molar-refractivity contribution in [1.29, 1.82) is 0 Å². The molecule has 0 radical (unpaired) electrons. The van der Waals surface area contributed by atoms with Crippen LogP contribution in [0.15, 0.2) is 24.5 Å². The largest absolute Gasteiger partial charge is 0.481 e. The fraction of sp³-hybridized carbons (Fsp3) is 0.682. The van der Waals surface area contributed by atoms with Crippen LogP contribution in [0.4, 0.5) is 10.5 Å². The van der Waals surface area contributed by atoms with Gasteiger partial charge < -0.3 is 19.6 Å². The van der Waals surface area contributed by atoms with E-state index < -0.39 is 5.97 Å². The van der Waals surface area contributed by atoms with Gasteiger partial charge in [0, 0.05) is 44.3 Å². The van der Waals surface area contributed by atoms with Crippen molar-refractivity contribution in [2.24, 2.45) is 11.8 Å². The number of carbonyl (C=O) groups excluding carboxylic acids is 1. The van der Waals surface area contributed by atoms with E-state index in [1.165, 1.54) is 5.69 Å². The van der Waals surface area contributed by atoms with Crippen LogP contribution in [-0.2, 0) is 9.53 Å². The number of piperidine rings is 2. The van der Waals surface area contributed by atoms with Crippen LogP contribution >= 0.6 is 0 Å². The van der Waals surface area contributed by atoms with Gasteiger partial charge in [-0.3, -0.25) is 14.7 Å². The molecule has 8 heteroatoms. The Morgan fingerprint density at radius 1 is 1.10 bits per heavy atom. The minimum Gasteiger partial charge on any atom is -0.481 e. The summed E-state index contributed by atoms with van der Waals surface area (Å²) in [5, 5.41) is 9.12. The summed E-state index contributed by atoms with van der Waals surface area (Å²) in [6, 6.07) is 4.12. The van der Waals surface area contributed by atoms with E-state index >= 15 is 0 Å². The van der Waals surface area contributed by atoms with Gasteiger partial charge in [-0.15, -0.1) is 0 Å². The molecule has 8 nitrogen and oxygen atoms in total. The molecule has 1 aromatic rings. The first-order valence-electron chi connectivity index (χ1n) is 11.1. The lowest BCUT2D eigenvalue weighted by Crippen LogP contribution is -2.41. The van der Waals surface area contributed by atoms with Gasteiger partial charge in [0.2, 0.25) is 0 Å². The van der Waals surface area contributed by atoms with E-state index in [1.807, 2.05) is 17.3 Å². The van der Waals surface area contributed by atoms with Crippen molar-refractivity contribution in [3.8, 4) is 0 Å². The van der Waals surface area contributed by atoms with Crippen molar-refractivity contribution in [2.45, 2.75) is 38.2 Å². The molecule has 3 aliphatic rings. The number of likely N-dealkylation sites (tertiary alicyclic amines) is 1. The summed E-state index contributed by atoms with van der Waals surface area (Å²) in [7, 11) is 0. The van der Waals surface area contributed by atoms with Crippen molar-refractivity contribution in [3.05, 3.63) is 24.5 Å². The van der Waals surface area contributed by atoms with Crippen LogP contribution in [0.25, 0.3) is 0 Å². The molecule has 1 unspecified atom stereocenters. The molecule has 4 heterocycles. The number of hydrogen-bond donors (Lipinski definition) is 1. The van der Waals surface area contributed by atoms with Gasteiger partial charge in [-0.1, -0.05) is 0 Å². The van der Waals surface area contributed by atoms with Gasteiger partial charge in [0.15, 0.2) is 0 Å². The topological polar surface area (TPSA) is 86.2 Å². The number of pyridine rings is 1. The number of ether oxygens (including phenoxy) is 1. The van der Waals surface area contributed by atoms with E-state index in [2.05, 4.69) is 26.9 Å². The Morgan fingerprint density at radius 3 is 2.47 bits per heavy atom. The van der Waals surface area contributed by atoms with E-state index in [4.69, 9.17) is 9.84 Å². The second kappa shape index (κ2) is 9.64. The summed E-state index contributed by atoms with van der Waals surface area (Å²) in [6.45, 7) is 5.74. The fourth-order valence-electron chi connectivity index (χ4n) is 4.88. The summed E-state index contributed by atoms with van der Waals surface area (Å²) in [6.07, 6.45) is 8.05. The van der Waals surface area contributed by atoms with Gasteiger partial charge in [-0.25, -0.2) is 4.79 Å². The van der Waals surface area contributed by atoms with E-state index in [9.17, 15) is 9.59 Å². The van der Waals surface area contributed by atoms with Crippen molar-refractivity contribution in [3.63, 3.8) is 0 Å². The normalized spacial score (nSPS) is 24.3. The van der Waals surface area contributed by atoms with Gasteiger partial charge >= 0.3 is 12.1 Å². The van der Waals surface area contributed by atoms with E-state index in [-0.39, 0.29) is 18.1 Å². The summed E-state index contributed by atoms with van der Waals surface area (Å²) in [5.41, 5.74) is 1.24. The quantitative estimate of drug-likeness (QED) is 0.730. The number of carboxylic acids is 1. The number of anilines is 1. The van der Waals surface area contributed by atoms with Crippen LogP contribution in [0.1, 0.15) is 32.1 Å². The number of rotatable bonds is 7. The Morgan fingerprint density at radius 2 is 1.80 bits per heavy atom. The molecule has 1 amide bonds. The van der Waals surface area contributed by atoms with Crippen LogP contribution in [0.2, 0.25) is 0 Å². The van der Waals surface area contributed by atoms with Crippen molar-refractivity contribution in [1.82, 2.24) is 14.8 Å². The summed E-state index contributed by atoms with van der Waals surface area (Å²) < 4.78 is 5.58. The maximum Gasteiger partial charge on any atom is 0.410 e. The third kappa shape index (κ3) is 5.22. The molecule has 3 fully saturated rings.